The Morgan fingerprint density at radius 1 is 0.206 bits per heavy atom. The Balaban J connectivity index is 1.46. The van der Waals surface area contributed by atoms with Crippen molar-refractivity contribution >= 4 is 113 Å². The molecule has 1 N–H and O–H groups in total. The molecule has 7 aliphatic heterocycles. The predicted octanol–water partition coefficient (Wildman–Crippen LogP) is -3.02. The summed E-state index contributed by atoms with van der Waals surface area (Å²) in [6, 6.07) is 0. The van der Waals surface area contributed by atoms with Crippen LogP contribution in [0.4, 0.5) is 0 Å². The molecule has 131 heavy (non-hydrogen) atoms. The molecule has 7 heterocycles. The van der Waals surface area contributed by atoms with Crippen molar-refractivity contribution in [3.8, 4) is 0 Å². The van der Waals surface area contributed by atoms with Crippen LogP contribution in [0.25, 0.3) is 0 Å². The lowest BCUT2D eigenvalue weighted by Crippen LogP contribution is -2.67. The van der Waals surface area contributed by atoms with Gasteiger partial charge in [0.1, 0.15) is 37.1 Å². The van der Waals surface area contributed by atoms with Crippen LogP contribution in [0.1, 0.15) is 132 Å². The zero-order chi connectivity index (χ0) is 97.4. The standard InChI is InChI=1S/C79H108O52/c1-29(80)100-22-50-48(58(112-33(5)84)57(99)73(127-50)126-47(19)98)20-101-78-72(125-46(18)97)66(119-40(12)91)61(56(130-78)28-108-76-70(123-44(16)95)64(117-38(10)89)54(26-106-76)111-32(4)83)131-79-67(120-41(13)92)59(113-34(6)85)49(51(128-79)23-103-74-68(121-42(14)93)62(115-36(8)87)52(24-104-74)109-30(2)81)21-102-77-71(124-45(17)96)65(118-39(11)90)60(114-35(7)86)55(129-77)27-107-75-69(122-43(15)94)63(116-37(9)88)53(25-105-75)110-31(3)82/h48-79,99H,20-28H2,1-19H3/t48?,49?,50-,51-,52-,53+,54+,55?,56?,57?,58-,59-,60+,61+,62?,63?,64?,65?,66?,67?,68?,69?,70?,71?,72?,73+,74-,75+,76+,77+,78+,79-/m0/s1. The topological polar surface area (TPSA) is 640 Å². The van der Waals surface area contributed by atoms with Gasteiger partial charge in [0, 0.05) is 132 Å². The Kier molecular flexibility index (Phi) is 40.8. The Labute approximate surface area is 746 Å². The highest BCUT2D eigenvalue weighted by molar-refractivity contribution is 5.73. The second-order valence-corrected chi connectivity index (χ2v) is 30.3. The quantitative estimate of drug-likeness (QED) is 0.0478. The number of ether oxygens (including phenoxy) is 32. The molecule has 52 nitrogen and oxygen atoms in total. The van der Waals surface area contributed by atoms with E-state index in [1.54, 1.807) is 0 Å². The highest BCUT2D eigenvalue weighted by Gasteiger charge is 2.62. The van der Waals surface area contributed by atoms with Crippen LogP contribution in [0.5, 0.6) is 0 Å². The first-order chi connectivity index (χ1) is 61.5. The summed E-state index contributed by atoms with van der Waals surface area (Å²) in [6.45, 7) is 9.55. The largest absolute Gasteiger partial charge is 0.463 e. The first kappa shape index (κ1) is 107. The van der Waals surface area contributed by atoms with Crippen LogP contribution in [0, 0.1) is 11.8 Å². The molecule has 7 aliphatic rings. The van der Waals surface area contributed by atoms with Gasteiger partial charge in [-0.3, -0.25) is 91.1 Å². The number of aliphatic hydroxyl groups is 1. The van der Waals surface area contributed by atoms with Gasteiger partial charge in [-0.2, -0.15) is 0 Å². The lowest BCUT2D eigenvalue weighted by molar-refractivity contribution is -0.373. The van der Waals surface area contributed by atoms with Crippen molar-refractivity contribution in [2.75, 3.05) is 59.5 Å². The van der Waals surface area contributed by atoms with Gasteiger partial charge < -0.3 is 157 Å². The number of esters is 19. The van der Waals surface area contributed by atoms with Crippen molar-refractivity contribution < 1.29 is 248 Å². The Morgan fingerprint density at radius 3 is 0.763 bits per heavy atom. The third-order valence-electron chi connectivity index (χ3n) is 19.3. The minimum atomic E-state index is -2.46. The smallest absolute Gasteiger partial charge is 0.305 e. The molecular weight excluding hydrogens is 1780 g/mol. The lowest BCUT2D eigenvalue weighted by atomic mass is 9.88. The first-order valence-corrected chi connectivity index (χ1v) is 40.6. The maximum atomic E-state index is 14.1. The van der Waals surface area contributed by atoms with Gasteiger partial charge in [0.05, 0.1) is 70.8 Å². The van der Waals surface area contributed by atoms with Crippen LogP contribution in [0.3, 0.4) is 0 Å². The number of hydrogen-bond donors (Lipinski definition) is 1. The highest BCUT2D eigenvalue weighted by Crippen LogP contribution is 2.42. The van der Waals surface area contributed by atoms with E-state index in [1.807, 2.05) is 0 Å². The third kappa shape index (κ3) is 32.1. The van der Waals surface area contributed by atoms with Crippen LogP contribution in [0.15, 0.2) is 0 Å². The second-order valence-electron chi connectivity index (χ2n) is 30.3. The van der Waals surface area contributed by atoms with Crippen LogP contribution < -0.4 is 0 Å². The molecular formula is C79H108O52. The molecule has 32 atom stereocenters. The van der Waals surface area contributed by atoms with E-state index >= 15 is 0 Å². The van der Waals surface area contributed by atoms with Crippen LogP contribution in [-0.2, 0) is 243 Å². The van der Waals surface area contributed by atoms with Gasteiger partial charge in [0.2, 0.25) is 6.29 Å². The summed E-state index contributed by atoms with van der Waals surface area (Å²) in [6.07, 6.45) is -58.8. The SMILES string of the molecule is CC(=O)OC[C@@H]1O[C@@H](OC(C)=O)C(O)[C@@H](OC(C)=O)C1CO[C@@H]1OC(CO[C@H]2OC[C@@H](OC(C)=O)C(OC(C)=O)C2OC(C)=O)[C@@H](O[C@@H]2O[C@@H](CO[C@H]3OC[C@H](OC(C)=O)C(OC(C)=O)C3OC(C)=O)C(CO[C@@H]3OC(CO[C@H]4OC[C@@H](OC(C)=O)C(OC(C)=O)C4OC(C)=O)[C@@H](OC(C)=O)C(OC(C)=O)C3OC(C)=O)[C@H](OC(C)=O)C2OC(C)=O)C(OC(C)=O)C1OC(C)=O. The maximum absolute atomic E-state index is 14.1. The molecule has 0 aliphatic carbocycles. The summed E-state index contributed by atoms with van der Waals surface area (Å²) in [5.41, 5.74) is 0. The van der Waals surface area contributed by atoms with Crippen molar-refractivity contribution in [1.29, 1.82) is 0 Å². The molecule has 7 saturated heterocycles. The van der Waals surface area contributed by atoms with Gasteiger partial charge in [0.25, 0.3) is 0 Å². The molecule has 0 amide bonds. The van der Waals surface area contributed by atoms with Crippen molar-refractivity contribution in [1.82, 2.24) is 0 Å². The highest BCUT2D eigenvalue weighted by atomic mass is 16.8. The molecule has 7 fully saturated rings. The number of carbonyl (C=O) groups is 19. The molecule has 0 spiro atoms. The molecule has 7 rings (SSSR count). The van der Waals surface area contributed by atoms with E-state index in [-0.39, 0.29) is 0 Å². The van der Waals surface area contributed by atoms with Crippen molar-refractivity contribution in [3.63, 3.8) is 0 Å². The fourth-order valence-electron chi connectivity index (χ4n) is 15.0. The van der Waals surface area contributed by atoms with Crippen LogP contribution in [0.2, 0.25) is 0 Å². The number of hydrogen-bond acceptors (Lipinski definition) is 52. The van der Waals surface area contributed by atoms with Crippen LogP contribution >= 0.6 is 0 Å². The Bertz CT molecular complexity index is 4050. The van der Waals surface area contributed by atoms with E-state index in [9.17, 15) is 96.2 Å². The summed E-state index contributed by atoms with van der Waals surface area (Å²) in [5, 5.41) is 11.7. The zero-order valence-corrected chi connectivity index (χ0v) is 74.6. The van der Waals surface area contributed by atoms with Gasteiger partial charge in [-0.15, -0.1) is 0 Å². The van der Waals surface area contributed by atoms with E-state index in [0.717, 1.165) is 132 Å². The van der Waals surface area contributed by atoms with E-state index in [2.05, 4.69) is 0 Å². The van der Waals surface area contributed by atoms with Gasteiger partial charge >= 0.3 is 113 Å². The van der Waals surface area contributed by atoms with Crippen molar-refractivity contribution in [2.24, 2.45) is 11.8 Å². The summed E-state index contributed by atoms with van der Waals surface area (Å²) < 4.78 is 190. The third-order valence-corrected chi connectivity index (χ3v) is 19.3. The predicted molar refractivity (Wildman–Crippen MR) is 404 cm³/mol. The van der Waals surface area contributed by atoms with Gasteiger partial charge in [-0.05, 0) is 0 Å². The maximum Gasteiger partial charge on any atom is 0.305 e. The van der Waals surface area contributed by atoms with E-state index in [0.29, 0.717) is 0 Å². The normalized spacial score (nSPS) is 33.8. The molecule has 0 radical (unpaired) electrons. The summed E-state index contributed by atoms with van der Waals surface area (Å²) in [5.74, 6) is -23.9. The molecule has 0 saturated carbocycles. The monoisotopic (exact) mass is 1890 g/mol. The molecule has 0 aromatic carbocycles. The summed E-state index contributed by atoms with van der Waals surface area (Å²) >= 11 is 0. The van der Waals surface area contributed by atoms with Crippen molar-refractivity contribution in [2.45, 2.75) is 316 Å². The fourth-order valence-corrected chi connectivity index (χ4v) is 15.0. The number of carbonyl (C=O) groups excluding carboxylic acids is 19. The molecule has 0 aromatic rings. The fraction of sp³-hybridized carbons (Fsp3) is 0.759. The first-order valence-electron chi connectivity index (χ1n) is 40.6. The number of aliphatic hydroxyl groups excluding tert-OH is 1. The van der Waals surface area contributed by atoms with Crippen LogP contribution in [-0.4, -0.2) is 362 Å². The molecule has 16 unspecified atom stereocenters. The van der Waals surface area contributed by atoms with E-state index < -0.39 is 369 Å². The lowest BCUT2D eigenvalue weighted by Gasteiger charge is -2.50. The Hall–Kier alpha value is -10.6. The average Bonchev–Trinajstić information content (AvgIpc) is 0.762. The molecule has 52 heteroatoms. The Morgan fingerprint density at radius 2 is 0.435 bits per heavy atom. The molecule has 0 bridgehead atoms. The average molecular weight is 1890 g/mol. The van der Waals surface area contributed by atoms with E-state index in [4.69, 9.17) is 152 Å². The zero-order valence-electron chi connectivity index (χ0n) is 74.6. The minimum absolute atomic E-state index is 0.610. The minimum Gasteiger partial charge on any atom is -0.463 e. The van der Waals surface area contributed by atoms with Gasteiger partial charge in [-0.25, -0.2) is 0 Å². The summed E-state index contributed by atoms with van der Waals surface area (Å²) in [7, 11) is 0. The molecule has 736 valence electrons. The van der Waals surface area contributed by atoms with Gasteiger partial charge in [0.15, 0.2) is 142 Å². The van der Waals surface area contributed by atoms with Crippen molar-refractivity contribution in [3.05, 3.63) is 0 Å². The summed E-state index contributed by atoms with van der Waals surface area (Å²) in [4.78, 5) is 249. The van der Waals surface area contributed by atoms with E-state index in [1.165, 1.54) is 0 Å². The van der Waals surface area contributed by atoms with Gasteiger partial charge in [-0.1, -0.05) is 0 Å². The molecule has 0 aromatic heterocycles. The number of rotatable bonds is 37. The second kappa shape index (κ2) is 49.7.